The fraction of sp³-hybridized carbons (Fsp3) is 0.111. The number of nitriles is 2. The predicted molar refractivity (Wildman–Crippen MR) is 81.6 cm³/mol. The smallest absolute Gasteiger partial charge is 0.0998 e. The van der Waals surface area contributed by atoms with Crippen LogP contribution in [0.4, 0.5) is 0 Å². The fourth-order valence-corrected chi connectivity index (χ4v) is 2.59. The summed E-state index contributed by atoms with van der Waals surface area (Å²) in [5.74, 6) is 0. The van der Waals surface area contributed by atoms with Crippen LogP contribution in [0.25, 0.3) is 10.9 Å². The van der Waals surface area contributed by atoms with Gasteiger partial charge < -0.3 is 4.57 Å². The zero-order valence-corrected chi connectivity index (χ0v) is 11.7. The molecule has 0 saturated carbocycles. The minimum absolute atomic E-state index is 0.681. The maximum atomic E-state index is 9.15. The molecule has 3 nitrogen and oxygen atoms in total. The maximum absolute atomic E-state index is 9.15. The van der Waals surface area contributed by atoms with Crippen LogP contribution >= 0.6 is 0 Å². The number of nitrogens with zero attached hydrogens (tertiary/aromatic N) is 3. The molecule has 1 heterocycles. The van der Waals surface area contributed by atoms with E-state index in [1.54, 1.807) is 0 Å². The van der Waals surface area contributed by atoms with Crippen molar-refractivity contribution in [2.24, 2.45) is 0 Å². The molecule has 0 amide bonds. The highest BCUT2D eigenvalue weighted by molar-refractivity contribution is 5.86. The summed E-state index contributed by atoms with van der Waals surface area (Å²) in [5.41, 5.74) is 4.71. The van der Waals surface area contributed by atoms with E-state index in [0.29, 0.717) is 11.1 Å². The Morgan fingerprint density at radius 1 is 1.05 bits per heavy atom. The van der Waals surface area contributed by atoms with Crippen molar-refractivity contribution in [3.8, 4) is 12.1 Å². The average Bonchev–Trinajstić information content (AvgIpc) is 2.92. The van der Waals surface area contributed by atoms with E-state index < -0.39 is 0 Å². The highest BCUT2D eigenvalue weighted by Gasteiger charge is 2.07. The van der Waals surface area contributed by atoms with Gasteiger partial charge in [-0.2, -0.15) is 10.5 Å². The van der Waals surface area contributed by atoms with E-state index in [0.717, 1.165) is 23.0 Å². The summed E-state index contributed by atoms with van der Waals surface area (Å²) in [4.78, 5) is 0. The minimum atomic E-state index is 0.681. The summed E-state index contributed by atoms with van der Waals surface area (Å²) in [6, 6.07) is 17.9. The van der Waals surface area contributed by atoms with Crippen molar-refractivity contribution < 1.29 is 0 Å². The van der Waals surface area contributed by atoms with Crippen LogP contribution in [0.2, 0.25) is 0 Å². The van der Waals surface area contributed by atoms with Crippen molar-refractivity contribution in [1.29, 1.82) is 10.5 Å². The van der Waals surface area contributed by atoms with E-state index in [2.05, 4.69) is 16.7 Å². The standard InChI is InChI=1S/C18H13N3/c1-13-9-14(10-19)5-6-16(13)12-21-8-7-17-15(11-20)3-2-4-18(17)21/h2-9H,12H2,1H3. The van der Waals surface area contributed by atoms with Crippen LogP contribution in [0.15, 0.2) is 48.7 Å². The lowest BCUT2D eigenvalue weighted by molar-refractivity contribution is 0.830. The topological polar surface area (TPSA) is 52.5 Å². The summed E-state index contributed by atoms with van der Waals surface area (Å²) in [6.07, 6.45) is 2.00. The van der Waals surface area contributed by atoms with Crippen molar-refractivity contribution in [2.75, 3.05) is 0 Å². The average molecular weight is 271 g/mol. The van der Waals surface area contributed by atoms with Crippen LogP contribution < -0.4 is 0 Å². The first kappa shape index (κ1) is 13.0. The van der Waals surface area contributed by atoms with Gasteiger partial charge in [0, 0.05) is 23.6 Å². The van der Waals surface area contributed by atoms with Crippen LogP contribution in [-0.4, -0.2) is 4.57 Å². The lowest BCUT2D eigenvalue weighted by Crippen LogP contribution is -2.00. The normalized spacial score (nSPS) is 10.2. The molecule has 0 aliphatic rings. The molecule has 0 radical (unpaired) electrons. The Kier molecular flexibility index (Phi) is 3.18. The quantitative estimate of drug-likeness (QED) is 0.713. The van der Waals surface area contributed by atoms with E-state index in [4.69, 9.17) is 10.5 Å². The van der Waals surface area contributed by atoms with Crippen molar-refractivity contribution in [3.05, 3.63) is 70.9 Å². The third-order valence-corrected chi connectivity index (χ3v) is 3.75. The number of aromatic nitrogens is 1. The summed E-state index contributed by atoms with van der Waals surface area (Å²) in [6.45, 7) is 2.75. The molecule has 0 unspecified atom stereocenters. The van der Waals surface area contributed by atoms with Crippen molar-refractivity contribution in [3.63, 3.8) is 0 Å². The Morgan fingerprint density at radius 2 is 1.90 bits per heavy atom. The summed E-state index contributed by atoms with van der Waals surface area (Å²) < 4.78 is 2.13. The third-order valence-electron chi connectivity index (χ3n) is 3.75. The van der Waals surface area contributed by atoms with E-state index in [1.165, 1.54) is 5.56 Å². The van der Waals surface area contributed by atoms with Crippen molar-refractivity contribution >= 4 is 10.9 Å². The van der Waals surface area contributed by atoms with Gasteiger partial charge in [0.25, 0.3) is 0 Å². The SMILES string of the molecule is Cc1cc(C#N)ccc1Cn1ccc2c(C#N)cccc21. The van der Waals surface area contributed by atoms with Gasteiger partial charge in [0.15, 0.2) is 0 Å². The molecule has 21 heavy (non-hydrogen) atoms. The highest BCUT2D eigenvalue weighted by Crippen LogP contribution is 2.21. The Hall–Kier alpha value is -3.04. The van der Waals surface area contributed by atoms with Gasteiger partial charge in [0.2, 0.25) is 0 Å². The fourth-order valence-electron chi connectivity index (χ4n) is 2.59. The predicted octanol–water partition coefficient (Wildman–Crippen LogP) is 3.74. The monoisotopic (exact) mass is 271 g/mol. The van der Waals surface area contributed by atoms with Gasteiger partial charge in [0.05, 0.1) is 23.3 Å². The molecular formula is C18H13N3. The molecule has 0 aliphatic carbocycles. The Balaban J connectivity index is 2.04. The van der Waals surface area contributed by atoms with Gasteiger partial charge in [-0.1, -0.05) is 12.1 Å². The number of hydrogen-bond donors (Lipinski definition) is 0. The summed E-state index contributed by atoms with van der Waals surface area (Å²) in [5, 5.41) is 19.0. The van der Waals surface area contributed by atoms with Crippen molar-refractivity contribution in [1.82, 2.24) is 4.57 Å². The van der Waals surface area contributed by atoms with E-state index in [9.17, 15) is 0 Å². The van der Waals surface area contributed by atoms with Gasteiger partial charge in [-0.25, -0.2) is 0 Å². The van der Waals surface area contributed by atoms with Crippen molar-refractivity contribution in [2.45, 2.75) is 13.5 Å². The molecule has 0 bridgehead atoms. The number of rotatable bonds is 2. The molecule has 0 spiro atoms. The first-order valence-corrected chi connectivity index (χ1v) is 6.70. The molecule has 100 valence electrons. The lowest BCUT2D eigenvalue weighted by atomic mass is 10.1. The molecular weight excluding hydrogens is 258 g/mol. The van der Waals surface area contributed by atoms with E-state index >= 15 is 0 Å². The Bertz CT molecular complexity index is 904. The van der Waals surface area contributed by atoms with Crippen LogP contribution in [0.3, 0.4) is 0 Å². The number of fused-ring (bicyclic) bond motifs is 1. The van der Waals surface area contributed by atoms with Gasteiger partial charge in [0.1, 0.15) is 0 Å². The zero-order valence-electron chi connectivity index (χ0n) is 11.7. The lowest BCUT2D eigenvalue weighted by Gasteiger charge is -2.09. The van der Waals surface area contributed by atoms with Crippen LogP contribution in [0, 0.1) is 29.6 Å². The van der Waals surface area contributed by atoms with Gasteiger partial charge in [-0.15, -0.1) is 0 Å². The number of hydrogen-bond acceptors (Lipinski definition) is 2. The molecule has 1 aromatic heterocycles. The molecule has 0 atom stereocenters. The van der Waals surface area contributed by atoms with E-state index in [-0.39, 0.29) is 0 Å². The minimum Gasteiger partial charge on any atom is -0.343 e. The second-order valence-electron chi connectivity index (χ2n) is 5.05. The molecule has 3 rings (SSSR count). The number of aryl methyl sites for hydroxylation is 1. The van der Waals surface area contributed by atoms with Crippen LogP contribution in [0.1, 0.15) is 22.3 Å². The van der Waals surface area contributed by atoms with Gasteiger partial charge >= 0.3 is 0 Å². The molecule has 3 heteroatoms. The molecule has 2 aromatic carbocycles. The Morgan fingerprint density at radius 3 is 2.62 bits per heavy atom. The molecule has 0 N–H and O–H groups in total. The summed E-state index contributed by atoms with van der Waals surface area (Å²) >= 11 is 0. The van der Waals surface area contributed by atoms with Gasteiger partial charge in [-0.05, 0) is 48.4 Å². The first-order chi connectivity index (χ1) is 10.2. The van der Waals surface area contributed by atoms with E-state index in [1.807, 2.05) is 55.6 Å². The highest BCUT2D eigenvalue weighted by atomic mass is 14.9. The molecule has 3 aromatic rings. The van der Waals surface area contributed by atoms with Crippen LogP contribution in [0.5, 0.6) is 0 Å². The number of benzene rings is 2. The van der Waals surface area contributed by atoms with Crippen LogP contribution in [-0.2, 0) is 6.54 Å². The third kappa shape index (κ3) is 2.26. The molecule has 0 saturated heterocycles. The largest absolute Gasteiger partial charge is 0.343 e. The Labute approximate surface area is 123 Å². The van der Waals surface area contributed by atoms with Gasteiger partial charge in [-0.3, -0.25) is 0 Å². The maximum Gasteiger partial charge on any atom is 0.0998 e. The molecule has 0 aliphatic heterocycles. The zero-order chi connectivity index (χ0) is 14.8. The second-order valence-corrected chi connectivity index (χ2v) is 5.05. The molecule has 0 fully saturated rings. The second kappa shape index (κ2) is 5.15. The summed E-state index contributed by atoms with van der Waals surface area (Å²) in [7, 11) is 0. The first-order valence-electron chi connectivity index (χ1n) is 6.70.